The number of likely N-dealkylation sites (N-methyl/N-ethyl adjacent to an activating group) is 1. The van der Waals surface area contributed by atoms with Crippen molar-refractivity contribution in [3.05, 3.63) is 35.1 Å². The van der Waals surface area contributed by atoms with Crippen molar-refractivity contribution < 1.29 is 19.1 Å². The summed E-state index contributed by atoms with van der Waals surface area (Å²) in [5, 5.41) is 13.7. The first-order valence-electron chi connectivity index (χ1n) is 5.88. The number of halogens is 1. The summed E-state index contributed by atoms with van der Waals surface area (Å²) in [4.78, 5) is 22.2. The molecule has 1 atom stereocenters. The molecule has 0 radical (unpaired) electrons. The number of hydrogen-bond acceptors (Lipinski definition) is 3. The number of rotatable bonds is 6. The molecule has 0 heterocycles. The second kappa shape index (κ2) is 6.84. The standard InChI is InChI=1S/C13H17FN2O3/c1-8-7-9(3-4-10(8)14)5-6-16-12(17)11(15-2)13(18)19/h3-4,7,11,15H,5-6H2,1-2H3,(H,16,17)(H,18,19). The fraction of sp³-hybridized carbons (Fsp3) is 0.385. The van der Waals surface area contributed by atoms with Gasteiger partial charge in [-0.1, -0.05) is 12.1 Å². The van der Waals surface area contributed by atoms with E-state index in [2.05, 4.69) is 10.6 Å². The molecule has 0 aliphatic rings. The van der Waals surface area contributed by atoms with Gasteiger partial charge in [0.15, 0.2) is 6.04 Å². The Kier molecular flexibility index (Phi) is 5.44. The van der Waals surface area contributed by atoms with Gasteiger partial charge in [0.2, 0.25) is 5.91 Å². The van der Waals surface area contributed by atoms with E-state index < -0.39 is 17.9 Å². The molecule has 1 unspecified atom stereocenters. The van der Waals surface area contributed by atoms with E-state index in [4.69, 9.17) is 5.11 Å². The Bertz CT molecular complexity index is 477. The smallest absolute Gasteiger partial charge is 0.330 e. The predicted octanol–water partition coefficient (Wildman–Crippen LogP) is 0.465. The number of hydrogen-bond donors (Lipinski definition) is 3. The van der Waals surface area contributed by atoms with E-state index in [1.807, 2.05) is 0 Å². The van der Waals surface area contributed by atoms with Crippen molar-refractivity contribution in [2.45, 2.75) is 19.4 Å². The van der Waals surface area contributed by atoms with Crippen LogP contribution in [-0.2, 0) is 16.0 Å². The minimum absolute atomic E-state index is 0.270. The number of carbonyl (C=O) groups is 2. The summed E-state index contributed by atoms with van der Waals surface area (Å²) in [6.45, 7) is 1.97. The fourth-order valence-electron chi connectivity index (χ4n) is 1.66. The molecule has 0 bridgehead atoms. The molecule has 1 aromatic carbocycles. The van der Waals surface area contributed by atoms with Crippen molar-refractivity contribution in [2.24, 2.45) is 0 Å². The Balaban J connectivity index is 2.47. The molecule has 0 aliphatic heterocycles. The van der Waals surface area contributed by atoms with Crippen LogP contribution < -0.4 is 10.6 Å². The molecule has 0 spiro atoms. The van der Waals surface area contributed by atoms with Gasteiger partial charge in [0.1, 0.15) is 5.82 Å². The predicted molar refractivity (Wildman–Crippen MR) is 68.3 cm³/mol. The summed E-state index contributed by atoms with van der Waals surface area (Å²) < 4.78 is 13.0. The monoisotopic (exact) mass is 268 g/mol. The van der Waals surface area contributed by atoms with E-state index in [0.29, 0.717) is 18.5 Å². The summed E-state index contributed by atoms with van der Waals surface area (Å²) >= 11 is 0. The van der Waals surface area contributed by atoms with E-state index in [1.165, 1.54) is 13.1 Å². The highest BCUT2D eigenvalue weighted by molar-refractivity contribution is 6.01. The third kappa shape index (κ3) is 4.33. The Labute approximate surface area is 110 Å². The normalized spacial score (nSPS) is 11.9. The number of aliphatic carboxylic acids is 1. The number of carbonyl (C=O) groups excluding carboxylic acids is 1. The maximum absolute atomic E-state index is 13.0. The Morgan fingerprint density at radius 3 is 2.63 bits per heavy atom. The molecule has 1 amide bonds. The van der Waals surface area contributed by atoms with Crippen LogP contribution in [-0.4, -0.2) is 36.6 Å². The molecule has 6 heteroatoms. The fourth-order valence-corrected chi connectivity index (χ4v) is 1.66. The highest BCUT2D eigenvalue weighted by Crippen LogP contribution is 2.09. The van der Waals surface area contributed by atoms with Gasteiger partial charge in [0.05, 0.1) is 0 Å². The first-order chi connectivity index (χ1) is 8.95. The second-order valence-corrected chi connectivity index (χ2v) is 4.18. The van der Waals surface area contributed by atoms with Crippen LogP contribution in [0.4, 0.5) is 4.39 Å². The molecule has 5 nitrogen and oxygen atoms in total. The lowest BCUT2D eigenvalue weighted by Gasteiger charge is -2.11. The number of aryl methyl sites for hydroxylation is 1. The van der Waals surface area contributed by atoms with Crippen molar-refractivity contribution in [3.63, 3.8) is 0 Å². The second-order valence-electron chi connectivity index (χ2n) is 4.18. The molecule has 0 aromatic heterocycles. The number of carboxylic acid groups (broad SMARTS) is 1. The van der Waals surface area contributed by atoms with E-state index in [0.717, 1.165) is 5.56 Å². The summed E-state index contributed by atoms with van der Waals surface area (Å²) in [6.07, 6.45) is 0.517. The van der Waals surface area contributed by atoms with Gasteiger partial charge in [0.25, 0.3) is 0 Å². The molecule has 104 valence electrons. The lowest BCUT2D eigenvalue weighted by atomic mass is 10.1. The summed E-state index contributed by atoms with van der Waals surface area (Å²) in [6, 6.07) is 3.46. The van der Waals surface area contributed by atoms with E-state index in [1.54, 1.807) is 19.1 Å². The number of benzene rings is 1. The van der Waals surface area contributed by atoms with Gasteiger partial charge < -0.3 is 10.4 Å². The third-order valence-electron chi connectivity index (χ3n) is 2.73. The SMILES string of the molecule is CNC(C(=O)O)C(=O)NCCc1ccc(F)c(C)c1. The van der Waals surface area contributed by atoms with Gasteiger partial charge in [-0.3, -0.25) is 10.1 Å². The average Bonchev–Trinajstić information content (AvgIpc) is 2.34. The molecular weight excluding hydrogens is 251 g/mol. The van der Waals surface area contributed by atoms with Crippen molar-refractivity contribution in [1.29, 1.82) is 0 Å². The third-order valence-corrected chi connectivity index (χ3v) is 2.73. The highest BCUT2D eigenvalue weighted by Gasteiger charge is 2.23. The maximum Gasteiger partial charge on any atom is 0.330 e. The van der Waals surface area contributed by atoms with Crippen molar-refractivity contribution in [2.75, 3.05) is 13.6 Å². The minimum Gasteiger partial charge on any atom is -0.480 e. The van der Waals surface area contributed by atoms with Crippen LogP contribution in [0, 0.1) is 12.7 Å². The largest absolute Gasteiger partial charge is 0.480 e. The van der Waals surface area contributed by atoms with Crippen LogP contribution in [0.5, 0.6) is 0 Å². The molecule has 1 aromatic rings. The Morgan fingerprint density at radius 1 is 1.42 bits per heavy atom. The zero-order chi connectivity index (χ0) is 14.4. The average molecular weight is 268 g/mol. The molecule has 0 aliphatic carbocycles. The molecular formula is C13H17FN2O3. The molecule has 0 saturated carbocycles. The maximum atomic E-state index is 13.0. The van der Waals surface area contributed by atoms with E-state index >= 15 is 0 Å². The van der Waals surface area contributed by atoms with Crippen LogP contribution in [0.2, 0.25) is 0 Å². The lowest BCUT2D eigenvalue weighted by molar-refractivity contribution is -0.143. The van der Waals surface area contributed by atoms with Gasteiger partial charge in [-0.25, -0.2) is 9.18 Å². The van der Waals surface area contributed by atoms with Gasteiger partial charge in [-0.05, 0) is 37.6 Å². The van der Waals surface area contributed by atoms with Crippen LogP contribution in [0.3, 0.4) is 0 Å². The number of carboxylic acids is 1. The van der Waals surface area contributed by atoms with Gasteiger partial charge >= 0.3 is 5.97 Å². The van der Waals surface area contributed by atoms with Crippen LogP contribution in [0.25, 0.3) is 0 Å². The van der Waals surface area contributed by atoms with Crippen molar-refractivity contribution >= 4 is 11.9 Å². The topological polar surface area (TPSA) is 78.4 Å². The van der Waals surface area contributed by atoms with Crippen molar-refractivity contribution in [3.8, 4) is 0 Å². The summed E-state index contributed by atoms with van der Waals surface area (Å²) in [7, 11) is 1.40. The first kappa shape index (κ1) is 15.1. The number of nitrogens with one attached hydrogen (secondary N) is 2. The first-order valence-corrected chi connectivity index (χ1v) is 5.88. The highest BCUT2D eigenvalue weighted by atomic mass is 19.1. The molecule has 19 heavy (non-hydrogen) atoms. The molecule has 0 saturated heterocycles. The summed E-state index contributed by atoms with van der Waals surface area (Å²) in [5.41, 5.74) is 1.43. The van der Waals surface area contributed by atoms with Gasteiger partial charge in [-0.2, -0.15) is 0 Å². The molecule has 3 N–H and O–H groups in total. The van der Waals surface area contributed by atoms with Crippen LogP contribution in [0.1, 0.15) is 11.1 Å². The lowest BCUT2D eigenvalue weighted by Crippen LogP contribution is -2.48. The van der Waals surface area contributed by atoms with E-state index in [-0.39, 0.29) is 5.82 Å². The van der Waals surface area contributed by atoms with Gasteiger partial charge in [-0.15, -0.1) is 0 Å². The van der Waals surface area contributed by atoms with Gasteiger partial charge in [0, 0.05) is 6.54 Å². The summed E-state index contributed by atoms with van der Waals surface area (Å²) in [5.74, 6) is -2.08. The Morgan fingerprint density at radius 2 is 2.11 bits per heavy atom. The zero-order valence-electron chi connectivity index (χ0n) is 10.9. The quantitative estimate of drug-likeness (QED) is 0.655. The number of amides is 1. The van der Waals surface area contributed by atoms with E-state index in [9.17, 15) is 14.0 Å². The zero-order valence-corrected chi connectivity index (χ0v) is 10.9. The van der Waals surface area contributed by atoms with Crippen LogP contribution in [0.15, 0.2) is 18.2 Å². The molecule has 0 fully saturated rings. The Hall–Kier alpha value is -1.95. The van der Waals surface area contributed by atoms with Crippen LogP contribution >= 0.6 is 0 Å². The minimum atomic E-state index is -1.25. The van der Waals surface area contributed by atoms with Crippen molar-refractivity contribution in [1.82, 2.24) is 10.6 Å². The molecule has 1 rings (SSSR count).